The topological polar surface area (TPSA) is 3.24 Å². The highest BCUT2D eigenvalue weighted by Gasteiger charge is 2.40. The van der Waals surface area contributed by atoms with Crippen LogP contribution < -0.4 is 10.6 Å². The zero-order chi connectivity index (χ0) is 17.8. The lowest BCUT2D eigenvalue weighted by Gasteiger charge is -2.46. The van der Waals surface area contributed by atoms with E-state index >= 15 is 0 Å². The number of hydrogen-bond acceptors (Lipinski definition) is 1. The van der Waals surface area contributed by atoms with E-state index in [0.29, 0.717) is 6.04 Å². The SMILES string of the molecule is CC1CCCC([C@H](C)N(C)C)C1P(c1ccccc1)c1ccccc1. The van der Waals surface area contributed by atoms with Crippen LogP contribution in [0, 0.1) is 11.8 Å². The molecule has 0 spiro atoms. The zero-order valence-electron chi connectivity index (χ0n) is 16.1. The fourth-order valence-electron chi connectivity index (χ4n) is 4.47. The molecule has 1 aliphatic rings. The Labute approximate surface area is 155 Å². The van der Waals surface area contributed by atoms with Gasteiger partial charge in [0.15, 0.2) is 0 Å². The summed E-state index contributed by atoms with van der Waals surface area (Å²) in [5, 5.41) is 3.08. The normalized spacial score (nSPS) is 25.3. The molecule has 3 rings (SSSR count). The van der Waals surface area contributed by atoms with E-state index in [2.05, 4.69) is 93.5 Å². The molecule has 2 aromatic carbocycles. The van der Waals surface area contributed by atoms with Crippen LogP contribution in [0.5, 0.6) is 0 Å². The predicted octanol–water partition coefficient (Wildman–Crippen LogP) is 4.87. The zero-order valence-corrected chi connectivity index (χ0v) is 17.0. The summed E-state index contributed by atoms with van der Waals surface area (Å²) in [5.41, 5.74) is 0.756. The van der Waals surface area contributed by atoms with Crippen LogP contribution in [-0.2, 0) is 0 Å². The molecular formula is C23H32NP. The van der Waals surface area contributed by atoms with Crippen LogP contribution in [0.15, 0.2) is 60.7 Å². The summed E-state index contributed by atoms with van der Waals surface area (Å²) in [6, 6.07) is 23.2. The van der Waals surface area contributed by atoms with E-state index in [1.807, 2.05) is 0 Å². The molecule has 25 heavy (non-hydrogen) atoms. The van der Waals surface area contributed by atoms with Gasteiger partial charge in [0.05, 0.1) is 0 Å². The fourth-order valence-corrected chi connectivity index (χ4v) is 7.88. The quantitative estimate of drug-likeness (QED) is 0.693. The third-order valence-electron chi connectivity index (χ3n) is 6.02. The Kier molecular flexibility index (Phi) is 6.31. The molecule has 1 fully saturated rings. The number of nitrogens with zero attached hydrogens (tertiary/aromatic N) is 1. The number of rotatable bonds is 5. The van der Waals surface area contributed by atoms with Crippen molar-refractivity contribution in [3.63, 3.8) is 0 Å². The molecule has 0 bridgehead atoms. The lowest BCUT2D eigenvalue weighted by molar-refractivity contribution is 0.165. The van der Waals surface area contributed by atoms with E-state index in [4.69, 9.17) is 0 Å². The summed E-state index contributed by atoms with van der Waals surface area (Å²) in [6.45, 7) is 4.93. The van der Waals surface area contributed by atoms with Crippen molar-refractivity contribution in [3.05, 3.63) is 60.7 Å². The molecular weight excluding hydrogens is 321 g/mol. The molecule has 1 nitrogen and oxygen atoms in total. The Morgan fingerprint density at radius 1 is 0.880 bits per heavy atom. The van der Waals surface area contributed by atoms with Gasteiger partial charge in [-0.05, 0) is 63.5 Å². The molecule has 0 heterocycles. The standard InChI is InChI=1S/C23H32NP/c1-18-12-11-17-22(19(2)24(3)4)23(18)25(20-13-7-5-8-14-20)21-15-9-6-10-16-21/h5-10,13-16,18-19,22-23H,11-12,17H2,1-4H3/t18?,19-,22?,23?/m0/s1. The van der Waals surface area contributed by atoms with Gasteiger partial charge in [-0.3, -0.25) is 0 Å². The maximum atomic E-state index is 2.50. The second-order valence-corrected chi connectivity index (χ2v) is 10.2. The van der Waals surface area contributed by atoms with Crippen LogP contribution in [-0.4, -0.2) is 30.7 Å². The highest BCUT2D eigenvalue weighted by Crippen LogP contribution is 2.52. The molecule has 4 atom stereocenters. The lowest BCUT2D eigenvalue weighted by Crippen LogP contribution is -2.45. The van der Waals surface area contributed by atoms with Gasteiger partial charge in [0.2, 0.25) is 0 Å². The minimum absolute atomic E-state index is 0.332. The molecule has 2 heteroatoms. The molecule has 2 aromatic rings. The van der Waals surface area contributed by atoms with Gasteiger partial charge in [0.25, 0.3) is 0 Å². The number of benzene rings is 2. The van der Waals surface area contributed by atoms with E-state index in [1.165, 1.54) is 19.3 Å². The molecule has 0 amide bonds. The third kappa shape index (κ3) is 4.15. The first-order valence-electron chi connectivity index (χ1n) is 9.65. The Balaban J connectivity index is 2.06. The van der Waals surface area contributed by atoms with Crippen LogP contribution in [0.4, 0.5) is 0 Å². The molecule has 0 radical (unpaired) electrons. The molecule has 0 aromatic heterocycles. The second kappa shape index (κ2) is 8.47. The van der Waals surface area contributed by atoms with Gasteiger partial charge in [0.1, 0.15) is 0 Å². The summed E-state index contributed by atoms with van der Waals surface area (Å²) in [4.78, 5) is 2.43. The monoisotopic (exact) mass is 353 g/mol. The van der Waals surface area contributed by atoms with Gasteiger partial charge < -0.3 is 4.90 Å². The van der Waals surface area contributed by atoms with E-state index in [-0.39, 0.29) is 7.92 Å². The van der Waals surface area contributed by atoms with Gasteiger partial charge in [-0.2, -0.15) is 0 Å². The van der Waals surface area contributed by atoms with Crippen LogP contribution >= 0.6 is 7.92 Å². The lowest BCUT2D eigenvalue weighted by atomic mass is 9.78. The minimum Gasteiger partial charge on any atom is -0.306 e. The van der Waals surface area contributed by atoms with Gasteiger partial charge in [0, 0.05) is 6.04 Å². The van der Waals surface area contributed by atoms with Crippen molar-refractivity contribution >= 4 is 18.5 Å². The average molecular weight is 353 g/mol. The van der Waals surface area contributed by atoms with Crippen molar-refractivity contribution in [1.82, 2.24) is 4.90 Å². The smallest absolute Gasteiger partial charge is 0.00954 e. The predicted molar refractivity (Wildman–Crippen MR) is 113 cm³/mol. The van der Waals surface area contributed by atoms with E-state index in [1.54, 1.807) is 10.6 Å². The Morgan fingerprint density at radius 2 is 1.40 bits per heavy atom. The van der Waals surface area contributed by atoms with Crippen molar-refractivity contribution in [2.24, 2.45) is 11.8 Å². The molecule has 0 saturated heterocycles. The molecule has 0 aliphatic heterocycles. The first kappa shape index (κ1) is 18.6. The van der Waals surface area contributed by atoms with Gasteiger partial charge in [-0.25, -0.2) is 0 Å². The molecule has 0 N–H and O–H groups in total. The van der Waals surface area contributed by atoms with Gasteiger partial charge in [-0.15, -0.1) is 0 Å². The van der Waals surface area contributed by atoms with Crippen LogP contribution in [0.1, 0.15) is 33.1 Å². The summed E-state index contributed by atoms with van der Waals surface area (Å²) in [6.07, 6.45) is 4.12. The average Bonchev–Trinajstić information content (AvgIpc) is 2.64. The van der Waals surface area contributed by atoms with Gasteiger partial charge >= 0.3 is 0 Å². The molecule has 3 unspecified atom stereocenters. The second-order valence-electron chi connectivity index (χ2n) is 7.81. The van der Waals surface area contributed by atoms with E-state index in [9.17, 15) is 0 Å². The summed E-state index contributed by atoms with van der Waals surface area (Å²) >= 11 is 0. The first-order valence-corrected chi connectivity index (χ1v) is 11.1. The number of hydrogen-bond donors (Lipinski definition) is 0. The van der Waals surface area contributed by atoms with Crippen molar-refractivity contribution in [3.8, 4) is 0 Å². The van der Waals surface area contributed by atoms with Crippen LogP contribution in [0.2, 0.25) is 0 Å². The Bertz CT molecular complexity index is 600. The summed E-state index contributed by atoms with van der Waals surface area (Å²) in [5.74, 6) is 1.55. The Hall–Kier alpha value is -1.17. The maximum Gasteiger partial charge on any atom is 0.00954 e. The first-order chi connectivity index (χ1) is 12.1. The largest absolute Gasteiger partial charge is 0.306 e. The van der Waals surface area contributed by atoms with Crippen molar-refractivity contribution in [2.75, 3.05) is 14.1 Å². The molecule has 134 valence electrons. The van der Waals surface area contributed by atoms with Gasteiger partial charge in [-0.1, -0.05) is 80.4 Å². The van der Waals surface area contributed by atoms with E-state index in [0.717, 1.165) is 17.5 Å². The maximum absolute atomic E-state index is 2.50. The highest BCUT2D eigenvalue weighted by molar-refractivity contribution is 7.73. The fraction of sp³-hybridized carbons (Fsp3) is 0.478. The molecule has 1 aliphatic carbocycles. The van der Waals surface area contributed by atoms with Crippen LogP contribution in [0.3, 0.4) is 0 Å². The minimum atomic E-state index is -0.332. The van der Waals surface area contributed by atoms with Crippen molar-refractivity contribution in [1.29, 1.82) is 0 Å². The van der Waals surface area contributed by atoms with E-state index < -0.39 is 0 Å². The van der Waals surface area contributed by atoms with Crippen molar-refractivity contribution < 1.29 is 0 Å². The highest BCUT2D eigenvalue weighted by atomic mass is 31.1. The van der Waals surface area contributed by atoms with Crippen LogP contribution in [0.25, 0.3) is 0 Å². The molecule has 1 saturated carbocycles. The van der Waals surface area contributed by atoms with Crippen molar-refractivity contribution in [2.45, 2.75) is 44.8 Å². The third-order valence-corrected chi connectivity index (χ3v) is 9.22. The summed E-state index contributed by atoms with van der Waals surface area (Å²) < 4.78 is 0. The summed E-state index contributed by atoms with van der Waals surface area (Å²) in [7, 11) is 4.16. The Morgan fingerprint density at radius 3 is 1.88 bits per heavy atom.